The minimum atomic E-state index is -1.09. The number of aliphatic hydroxyl groups excluding tert-OH is 1. The fraction of sp³-hybridized carbons (Fsp3) is 1.00. The van der Waals surface area contributed by atoms with E-state index in [4.69, 9.17) is 4.74 Å². The molecule has 80 valence electrons. The van der Waals surface area contributed by atoms with Crippen LogP contribution in [0.2, 0.25) is 19.6 Å². The summed E-state index contributed by atoms with van der Waals surface area (Å²) >= 11 is 0. The molecular weight excluding hydrogens is 180 g/mol. The maximum Gasteiger partial charge on any atom is 0.0773 e. The summed E-state index contributed by atoms with van der Waals surface area (Å²) in [6, 6.07) is 0. The van der Waals surface area contributed by atoms with E-state index >= 15 is 0 Å². The van der Waals surface area contributed by atoms with Gasteiger partial charge in [0.05, 0.1) is 20.8 Å². The van der Waals surface area contributed by atoms with E-state index in [0.29, 0.717) is 6.61 Å². The van der Waals surface area contributed by atoms with Crippen molar-refractivity contribution in [3.63, 3.8) is 0 Å². The summed E-state index contributed by atoms with van der Waals surface area (Å²) in [6.45, 7) is 9.46. The molecule has 0 aromatic heterocycles. The van der Waals surface area contributed by atoms with Crippen LogP contribution in [0.1, 0.15) is 26.2 Å². The molecule has 0 spiro atoms. The third kappa shape index (κ3) is 10.1. The molecule has 0 heterocycles. The molecule has 0 aliphatic heterocycles. The van der Waals surface area contributed by atoms with Gasteiger partial charge < -0.3 is 9.84 Å². The van der Waals surface area contributed by atoms with Crippen LogP contribution in [0.4, 0.5) is 0 Å². The molecule has 0 saturated heterocycles. The Morgan fingerprint density at radius 2 is 1.92 bits per heavy atom. The number of aliphatic hydroxyl groups is 1. The molecule has 0 fully saturated rings. The molecule has 0 aliphatic rings. The van der Waals surface area contributed by atoms with E-state index in [-0.39, 0.29) is 6.10 Å². The van der Waals surface area contributed by atoms with Crippen LogP contribution in [-0.2, 0) is 4.74 Å². The van der Waals surface area contributed by atoms with Crippen molar-refractivity contribution in [3.8, 4) is 0 Å². The van der Waals surface area contributed by atoms with E-state index in [9.17, 15) is 5.11 Å². The van der Waals surface area contributed by atoms with Gasteiger partial charge in [-0.2, -0.15) is 0 Å². The second kappa shape index (κ2) is 6.57. The van der Waals surface area contributed by atoms with E-state index in [0.717, 1.165) is 25.5 Å². The van der Waals surface area contributed by atoms with Gasteiger partial charge in [-0.3, -0.25) is 0 Å². The van der Waals surface area contributed by atoms with Crippen molar-refractivity contribution in [2.75, 3.05) is 12.8 Å². The molecule has 0 aromatic carbocycles. The second-order valence-electron chi connectivity index (χ2n) is 4.87. The fourth-order valence-corrected chi connectivity index (χ4v) is 1.75. The molecule has 0 aliphatic carbocycles. The molecule has 0 unspecified atom stereocenters. The Labute approximate surface area is 83.3 Å². The molecule has 13 heavy (non-hydrogen) atoms. The van der Waals surface area contributed by atoms with Gasteiger partial charge >= 0.3 is 0 Å². The van der Waals surface area contributed by atoms with Gasteiger partial charge in [0.25, 0.3) is 0 Å². The third-order valence-corrected chi connectivity index (χ3v) is 2.81. The summed E-state index contributed by atoms with van der Waals surface area (Å²) in [5, 5.41) is 9.47. The van der Waals surface area contributed by atoms with Gasteiger partial charge in [-0.25, -0.2) is 0 Å². The lowest BCUT2D eigenvalue weighted by atomic mass is 10.2. The van der Waals surface area contributed by atoms with Crippen molar-refractivity contribution in [2.45, 2.75) is 51.9 Å². The van der Waals surface area contributed by atoms with E-state index in [1.165, 1.54) is 0 Å². The Morgan fingerprint density at radius 3 is 2.38 bits per heavy atom. The number of hydrogen-bond acceptors (Lipinski definition) is 2. The first-order valence-electron chi connectivity index (χ1n) is 5.21. The van der Waals surface area contributed by atoms with Crippen molar-refractivity contribution in [2.24, 2.45) is 0 Å². The first kappa shape index (κ1) is 13.1. The molecule has 0 bridgehead atoms. The summed E-state index contributed by atoms with van der Waals surface area (Å²) in [5.74, 6) is 0. The summed E-state index contributed by atoms with van der Waals surface area (Å²) in [6.07, 6.45) is 3.72. The molecular formula is C10H24O2Si. The maximum absolute atomic E-state index is 9.47. The van der Waals surface area contributed by atoms with Crippen molar-refractivity contribution >= 4 is 8.07 Å². The minimum absolute atomic E-state index is 0.253. The van der Waals surface area contributed by atoms with Crippen LogP contribution in [0.5, 0.6) is 0 Å². The average Bonchev–Trinajstić information content (AvgIpc) is 1.98. The molecule has 2 nitrogen and oxygen atoms in total. The monoisotopic (exact) mass is 204 g/mol. The zero-order valence-electron chi connectivity index (χ0n) is 9.47. The highest BCUT2D eigenvalue weighted by Gasteiger charge is 2.14. The van der Waals surface area contributed by atoms with Crippen LogP contribution in [0.3, 0.4) is 0 Å². The summed E-state index contributed by atoms with van der Waals surface area (Å²) < 4.78 is 5.47. The van der Waals surface area contributed by atoms with E-state index in [2.05, 4.69) is 26.6 Å². The zero-order valence-corrected chi connectivity index (χ0v) is 10.5. The Kier molecular flexibility index (Phi) is 6.64. The Balaban J connectivity index is 3.31. The smallest absolute Gasteiger partial charge is 0.0773 e. The van der Waals surface area contributed by atoms with Gasteiger partial charge in [-0.15, -0.1) is 0 Å². The lowest BCUT2D eigenvalue weighted by molar-refractivity contribution is 0.0479. The predicted molar refractivity (Wildman–Crippen MR) is 59.7 cm³/mol. The highest BCUT2D eigenvalue weighted by Crippen LogP contribution is 2.04. The van der Waals surface area contributed by atoms with E-state index in [1.807, 2.05) is 0 Å². The van der Waals surface area contributed by atoms with Gasteiger partial charge in [-0.1, -0.05) is 39.4 Å². The normalized spacial score (nSPS) is 14.5. The van der Waals surface area contributed by atoms with Crippen LogP contribution in [0, 0.1) is 0 Å². The summed E-state index contributed by atoms with van der Waals surface area (Å²) in [7, 11) is -1.09. The molecule has 0 amide bonds. The van der Waals surface area contributed by atoms with Gasteiger partial charge in [0.1, 0.15) is 0 Å². The zero-order chi connectivity index (χ0) is 10.3. The number of unbranched alkanes of at least 4 members (excludes halogenated alkanes) is 1. The fourth-order valence-electron chi connectivity index (χ4n) is 1.02. The molecule has 3 heteroatoms. The average molecular weight is 204 g/mol. The highest BCUT2D eigenvalue weighted by molar-refractivity contribution is 6.76. The molecule has 0 aromatic rings. The minimum Gasteiger partial charge on any atom is -0.391 e. The summed E-state index contributed by atoms with van der Waals surface area (Å²) in [5.41, 5.74) is 0. The van der Waals surface area contributed by atoms with Gasteiger partial charge in [0.15, 0.2) is 0 Å². The van der Waals surface area contributed by atoms with Crippen molar-refractivity contribution in [3.05, 3.63) is 0 Å². The van der Waals surface area contributed by atoms with E-state index in [1.54, 1.807) is 0 Å². The molecule has 0 radical (unpaired) electrons. The van der Waals surface area contributed by atoms with Crippen LogP contribution in [0.15, 0.2) is 0 Å². The molecule has 1 atom stereocenters. The molecule has 0 saturated carbocycles. The number of rotatable bonds is 7. The number of ether oxygens (including phenoxy) is 1. The van der Waals surface area contributed by atoms with Crippen LogP contribution < -0.4 is 0 Å². The first-order valence-corrected chi connectivity index (χ1v) is 8.92. The van der Waals surface area contributed by atoms with Crippen molar-refractivity contribution < 1.29 is 9.84 Å². The third-order valence-electron chi connectivity index (χ3n) is 1.74. The largest absolute Gasteiger partial charge is 0.391 e. The van der Waals surface area contributed by atoms with E-state index < -0.39 is 8.07 Å². The Morgan fingerprint density at radius 1 is 1.31 bits per heavy atom. The standard InChI is InChI=1S/C10H24O2Si/c1-5-6-7-10(11)8-12-9-13(2,3)4/h10-11H,5-9H2,1-4H3/t10-/m0/s1. The lowest BCUT2D eigenvalue weighted by Crippen LogP contribution is -2.30. The number of hydrogen-bond donors (Lipinski definition) is 1. The van der Waals surface area contributed by atoms with Crippen molar-refractivity contribution in [1.29, 1.82) is 0 Å². The van der Waals surface area contributed by atoms with Crippen molar-refractivity contribution in [1.82, 2.24) is 0 Å². The predicted octanol–water partition coefficient (Wildman–Crippen LogP) is 2.43. The molecule has 0 rings (SSSR count). The van der Waals surface area contributed by atoms with Gasteiger partial charge in [0.2, 0.25) is 0 Å². The summed E-state index contributed by atoms with van der Waals surface area (Å²) in [4.78, 5) is 0. The van der Waals surface area contributed by atoms with Crippen LogP contribution >= 0.6 is 0 Å². The van der Waals surface area contributed by atoms with Gasteiger partial charge in [0, 0.05) is 6.23 Å². The highest BCUT2D eigenvalue weighted by atomic mass is 28.3. The second-order valence-corrected chi connectivity index (χ2v) is 10.3. The van der Waals surface area contributed by atoms with Crippen LogP contribution in [0.25, 0.3) is 0 Å². The van der Waals surface area contributed by atoms with Gasteiger partial charge in [-0.05, 0) is 6.42 Å². The SMILES string of the molecule is CCCC[C@H](O)COC[Si](C)(C)C. The quantitative estimate of drug-likeness (QED) is 0.645. The Hall–Kier alpha value is 0.137. The van der Waals surface area contributed by atoms with Crippen LogP contribution in [-0.4, -0.2) is 32.1 Å². The Bertz CT molecular complexity index is 121. The first-order chi connectivity index (χ1) is 5.95. The maximum atomic E-state index is 9.47. The lowest BCUT2D eigenvalue weighted by Gasteiger charge is -2.17. The molecule has 1 N–H and O–H groups in total. The topological polar surface area (TPSA) is 29.5 Å².